The number of carbonyl (C=O) groups excluding carboxylic acids is 1. The van der Waals surface area contributed by atoms with E-state index in [-0.39, 0.29) is 18.9 Å². The number of carbonyl (C=O) groups is 1. The number of hydrogen-bond donors (Lipinski definition) is 1. The third-order valence-corrected chi connectivity index (χ3v) is 6.03. The first kappa shape index (κ1) is 28.1. The number of rotatable bonds is 12. The minimum Gasteiger partial charge on any atom is -0.490 e. The van der Waals surface area contributed by atoms with Crippen LogP contribution < -0.4 is 19.6 Å². The van der Waals surface area contributed by atoms with Gasteiger partial charge in [-0.15, -0.1) is 0 Å². The van der Waals surface area contributed by atoms with Gasteiger partial charge in [0.05, 0.1) is 23.3 Å². The fourth-order valence-electron chi connectivity index (χ4n) is 3.64. The van der Waals surface area contributed by atoms with Crippen LogP contribution in [0.1, 0.15) is 34.0 Å². The Morgan fingerprint density at radius 2 is 1.62 bits per heavy atom. The lowest BCUT2D eigenvalue weighted by molar-refractivity contribution is -0.384. The Labute approximate surface area is 236 Å². The zero-order chi connectivity index (χ0) is 28.3. The molecule has 0 atom stereocenters. The molecular weight excluding hydrogens is 534 g/mol. The highest BCUT2D eigenvalue weighted by molar-refractivity contribution is 6.31. The number of para-hydroxylation sites is 1. The van der Waals surface area contributed by atoms with Crippen LogP contribution >= 0.6 is 11.6 Å². The molecule has 4 rings (SSSR count). The van der Waals surface area contributed by atoms with Crippen LogP contribution in [0.4, 0.5) is 5.69 Å². The number of hydrogen-bond acceptors (Lipinski definition) is 7. The number of nitrogens with one attached hydrogen (secondary N) is 1. The third-order valence-electron chi connectivity index (χ3n) is 5.66. The smallest absolute Gasteiger partial charge is 0.275 e. The molecule has 40 heavy (non-hydrogen) atoms. The summed E-state index contributed by atoms with van der Waals surface area (Å²) >= 11 is 6.20. The van der Waals surface area contributed by atoms with Gasteiger partial charge in [-0.3, -0.25) is 14.9 Å². The van der Waals surface area contributed by atoms with Crippen LogP contribution in [0.2, 0.25) is 5.02 Å². The fourth-order valence-corrected chi connectivity index (χ4v) is 3.83. The molecule has 0 fully saturated rings. The Bertz CT molecular complexity index is 1510. The number of nitro groups is 1. The van der Waals surface area contributed by atoms with Crippen molar-refractivity contribution in [1.29, 1.82) is 0 Å². The molecule has 0 heterocycles. The largest absolute Gasteiger partial charge is 0.490 e. The highest BCUT2D eigenvalue weighted by Gasteiger charge is 2.13. The first-order valence-corrected chi connectivity index (χ1v) is 12.7. The van der Waals surface area contributed by atoms with Crippen LogP contribution in [0.15, 0.2) is 96.1 Å². The van der Waals surface area contributed by atoms with Crippen molar-refractivity contribution < 1.29 is 23.9 Å². The molecule has 0 aromatic heterocycles. The van der Waals surface area contributed by atoms with Gasteiger partial charge in [0.1, 0.15) is 19.0 Å². The lowest BCUT2D eigenvalue weighted by Gasteiger charge is -2.13. The molecule has 0 spiro atoms. The van der Waals surface area contributed by atoms with Crippen molar-refractivity contribution in [2.45, 2.75) is 20.1 Å². The number of nitrogens with zero attached hydrogens (tertiary/aromatic N) is 2. The first-order valence-electron chi connectivity index (χ1n) is 12.4. The molecule has 0 aliphatic carbocycles. The monoisotopic (exact) mass is 559 g/mol. The number of benzene rings is 4. The van der Waals surface area contributed by atoms with Gasteiger partial charge in [0.25, 0.3) is 11.6 Å². The highest BCUT2D eigenvalue weighted by Crippen LogP contribution is 2.29. The molecule has 1 amide bonds. The summed E-state index contributed by atoms with van der Waals surface area (Å²) < 4.78 is 17.4. The molecule has 0 unspecified atom stereocenters. The van der Waals surface area contributed by atoms with Crippen LogP contribution in [0.25, 0.3) is 0 Å². The Hall–Kier alpha value is -4.89. The van der Waals surface area contributed by atoms with Crippen molar-refractivity contribution in [3.05, 3.63) is 128 Å². The van der Waals surface area contributed by atoms with Crippen LogP contribution in [-0.4, -0.2) is 23.7 Å². The minimum absolute atomic E-state index is 0.0163. The summed E-state index contributed by atoms with van der Waals surface area (Å²) in [5, 5.41) is 15.5. The van der Waals surface area contributed by atoms with Crippen LogP contribution in [0, 0.1) is 10.1 Å². The predicted molar refractivity (Wildman–Crippen MR) is 152 cm³/mol. The van der Waals surface area contributed by atoms with Gasteiger partial charge >= 0.3 is 0 Å². The normalized spacial score (nSPS) is 10.8. The van der Waals surface area contributed by atoms with E-state index in [0.29, 0.717) is 40.0 Å². The molecule has 0 bridgehead atoms. The number of ether oxygens (including phenoxy) is 3. The van der Waals surface area contributed by atoms with Crippen LogP contribution in [0.3, 0.4) is 0 Å². The average Bonchev–Trinajstić information content (AvgIpc) is 2.97. The number of halogens is 1. The fraction of sp³-hybridized carbons (Fsp3) is 0.133. The highest BCUT2D eigenvalue weighted by atomic mass is 35.5. The van der Waals surface area contributed by atoms with E-state index in [0.717, 1.165) is 11.1 Å². The van der Waals surface area contributed by atoms with Gasteiger partial charge in [0.2, 0.25) is 0 Å². The van der Waals surface area contributed by atoms with Crippen LogP contribution in [-0.2, 0) is 13.2 Å². The molecule has 4 aromatic rings. The Balaban J connectivity index is 1.38. The molecule has 0 aliphatic rings. The lowest BCUT2D eigenvalue weighted by Crippen LogP contribution is -2.18. The molecule has 0 aliphatic heterocycles. The van der Waals surface area contributed by atoms with E-state index in [9.17, 15) is 14.9 Å². The van der Waals surface area contributed by atoms with Crippen molar-refractivity contribution >= 4 is 29.4 Å². The first-order chi connectivity index (χ1) is 19.4. The van der Waals surface area contributed by atoms with Crippen molar-refractivity contribution in [2.75, 3.05) is 6.61 Å². The molecule has 0 radical (unpaired) electrons. The number of non-ortho nitro benzene ring substituents is 1. The van der Waals surface area contributed by atoms with E-state index >= 15 is 0 Å². The van der Waals surface area contributed by atoms with Gasteiger partial charge < -0.3 is 14.2 Å². The second kappa shape index (κ2) is 13.8. The minimum atomic E-state index is -0.449. The van der Waals surface area contributed by atoms with Gasteiger partial charge in [-0.25, -0.2) is 5.43 Å². The maximum Gasteiger partial charge on any atom is 0.275 e. The molecule has 0 saturated heterocycles. The molecule has 9 nitrogen and oxygen atoms in total. The molecule has 4 aromatic carbocycles. The second-order valence-corrected chi connectivity index (χ2v) is 8.83. The predicted octanol–water partition coefficient (Wildman–Crippen LogP) is 6.57. The average molecular weight is 560 g/mol. The van der Waals surface area contributed by atoms with Crippen molar-refractivity contribution in [3.63, 3.8) is 0 Å². The lowest BCUT2D eigenvalue weighted by atomic mass is 10.2. The Morgan fingerprint density at radius 1 is 0.900 bits per heavy atom. The van der Waals surface area contributed by atoms with Gasteiger partial charge in [-0.05, 0) is 66.6 Å². The summed E-state index contributed by atoms with van der Waals surface area (Å²) in [4.78, 5) is 23.2. The SMILES string of the molecule is CCOc1cc(/C=N/NC(=O)c2ccccc2OCc2ccccc2Cl)ccc1OCc1ccc([N+](=O)[O-])cc1. The molecule has 0 saturated carbocycles. The number of hydrazone groups is 1. The van der Waals surface area contributed by atoms with E-state index < -0.39 is 10.8 Å². The topological polar surface area (TPSA) is 112 Å². The van der Waals surface area contributed by atoms with Crippen LogP contribution in [0.5, 0.6) is 17.2 Å². The number of nitro benzene ring substituents is 1. The van der Waals surface area contributed by atoms with Crippen molar-refractivity contribution in [1.82, 2.24) is 5.43 Å². The maximum atomic E-state index is 12.8. The van der Waals surface area contributed by atoms with Crippen molar-refractivity contribution in [2.24, 2.45) is 5.10 Å². The van der Waals surface area contributed by atoms with Gasteiger partial charge in [0, 0.05) is 22.7 Å². The summed E-state index contributed by atoms with van der Waals surface area (Å²) in [6.45, 7) is 2.69. The molecular formula is C30H26ClN3O6. The van der Waals surface area contributed by atoms with Gasteiger partial charge in [0.15, 0.2) is 11.5 Å². The van der Waals surface area contributed by atoms with Gasteiger partial charge in [-0.1, -0.05) is 41.9 Å². The molecule has 204 valence electrons. The maximum absolute atomic E-state index is 12.8. The standard InChI is InChI=1S/C30H26ClN3O6/c1-2-38-29-17-22(13-16-28(29)39-19-21-11-14-24(15-12-21)34(36)37)18-32-33-30(35)25-8-4-6-10-27(25)40-20-23-7-3-5-9-26(23)31/h3-18H,2,19-20H2,1H3,(H,33,35)/b32-18+. The summed E-state index contributed by atoms with van der Waals surface area (Å²) in [6.07, 6.45) is 1.49. The third kappa shape index (κ3) is 7.58. The molecule has 10 heteroatoms. The molecule has 1 N–H and O–H groups in total. The van der Waals surface area contributed by atoms with E-state index in [1.807, 2.05) is 25.1 Å². The van der Waals surface area contributed by atoms with E-state index in [2.05, 4.69) is 10.5 Å². The Morgan fingerprint density at radius 3 is 2.38 bits per heavy atom. The summed E-state index contributed by atoms with van der Waals surface area (Å²) in [6, 6.07) is 25.6. The second-order valence-electron chi connectivity index (χ2n) is 8.43. The quantitative estimate of drug-likeness (QED) is 0.119. The van der Waals surface area contributed by atoms with E-state index in [1.54, 1.807) is 60.7 Å². The van der Waals surface area contributed by atoms with E-state index in [1.165, 1.54) is 18.3 Å². The van der Waals surface area contributed by atoms with Gasteiger partial charge in [-0.2, -0.15) is 5.10 Å². The number of amides is 1. The zero-order valence-electron chi connectivity index (χ0n) is 21.6. The summed E-state index contributed by atoms with van der Waals surface area (Å²) in [7, 11) is 0. The Kier molecular flexibility index (Phi) is 9.68. The summed E-state index contributed by atoms with van der Waals surface area (Å²) in [5.74, 6) is 0.978. The summed E-state index contributed by atoms with van der Waals surface area (Å²) in [5.41, 5.74) is 5.13. The zero-order valence-corrected chi connectivity index (χ0v) is 22.3. The van der Waals surface area contributed by atoms with Crippen molar-refractivity contribution in [3.8, 4) is 17.2 Å². The van der Waals surface area contributed by atoms with E-state index in [4.69, 9.17) is 25.8 Å².